The van der Waals surface area contributed by atoms with Crippen LogP contribution in [-0.4, -0.2) is 34.5 Å². The fourth-order valence-corrected chi connectivity index (χ4v) is 2.95. The number of likely N-dealkylation sites (N-methyl/N-ethyl adjacent to an activating group) is 1. The second-order valence-corrected chi connectivity index (χ2v) is 5.17. The molecule has 1 unspecified atom stereocenters. The Morgan fingerprint density at radius 3 is 2.47 bits per heavy atom. The first kappa shape index (κ1) is 12.5. The fourth-order valence-electron chi connectivity index (χ4n) is 2.95. The number of nitrogens with two attached hydrogens (primary N) is 1. The molecule has 1 aliphatic carbocycles. The Labute approximate surface area is 103 Å². The van der Waals surface area contributed by atoms with E-state index in [0.29, 0.717) is 0 Å². The highest BCUT2D eigenvalue weighted by Crippen LogP contribution is 2.39. The van der Waals surface area contributed by atoms with Crippen molar-refractivity contribution in [3.63, 3.8) is 0 Å². The maximum atomic E-state index is 6.46. The Morgan fingerprint density at radius 2 is 1.94 bits per heavy atom. The van der Waals surface area contributed by atoms with Crippen molar-refractivity contribution < 1.29 is 0 Å². The topological polar surface area (TPSA) is 55.0 Å². The minimum atomic E-state index is -0.0495. The molecule has 1 atom stereocenters. The molecule has 0 aromatic carbocycles. The van der Waals surface area contributed by atoms with E-state index in [0.717, 1.165) is 18.5 Å². The molecule has 17 heavy (non-hydrogen) atoms. The van der Waals surface area contributed by atoms with E-state index in [4.69, 9.17) is 5.73 Å². The van der Waals surface area contributed by atoms with Gasteiger partial charge in [0.1, 0.15) is 0 Å². The van der Waals surface area contributed by atoms with Gasteiger partial charge in [0.05, 0.1) is 17.9 Å². The molecule has 0 aliphatic heterocycles. The van der Waals surface area contributed by atoms with Crippen LogP contribution >= 0.6 is 0 Å². The summed E-state index contributed by atoms with van der Waals surface area (Å²) in [6.07, 6.45) is 11.3. The van der Waals surface area contributed by atoms with Gasteiger partial charge in [-0.05, 0) is 26.9 Å². The highest BCUT2D eigenvalue weighted by Gasteiger charge is 2.41. The third kappa shape index (κ3) is 2.33. The van der Waals surface area contributed by atoms with E-state index in [1.807, 2.05) is 0 Å². The van der Waals surface area contributed by atoms with E-state index in [1.165, 1.54) is 19.3 Å². The fraction of sp³-hybridized carbons (Fsp3) is 0.692. The van der Waals surface area contributed by atoms with Crippen LogP contribution in [0.4, 0.5) is 0 Å². The van der Waals surface area contributed by atoms with E-state index in [9.17, 15) is 0 Å². The third-order valence-electron chi connectivity index (χ3n) is 4.09. The lowest BCUT2D eigenvalue weighted by Crippen LogP contribution is -2.53. The molecular weight excluding hydrogens is 212 g/mol. The number of nitrogens with zero attached hydrogens (tertiary/aromatic N) is 3. The standard InChI is InChI=1S/C13H22N4/c1-17(2)13(6-4-3-5-7-13)12(14)11-10-15-8-9-16-11/h8-10,12H,3-7,14H2,1-2H3. The summed E-state index contributed by atoms with van der Waals surface area (Å²) in [5, 5.41) is 0. The van der Waals surface area contributed by atoms with Crippen molar-refractivity contribution in [2.24, 2.45) is 5.73 Å². The molecule has 94 valence electrons. The number of rotatable bonds is 3. The van der Waals surface area contributed by atoms with Crippen molar-refractivity contribution >= 4 is 0 Å². The highest BCUT2D eigenvalue weighted by molar-refractivity contribution is 5.12. The Balaban J connectivity index is 2.27. The molecule has 0 spiro atoms. The number of hydrogen-bond acceptors (Lipinski definition) is 4. The summed E-state index contributed by atoms with van der Waals surface area (Å²) >= 11 is 0. The minimum Gasteiger partial charge on any atom is -0.321 e. The van der Waals surface area contributed by atoms with E-state index in [1.54, 1.807) is 18.6 Å². The SMILES string of the molecule is CN(C)C1(C(N)c2cnccn2)CCCCC1. The van der Waals surface area contributed by atoms with Crippen LogP contribution in [0.15, 0.2) is 18.6 Å². The van der Waals surface area contributed by atoms with Crippen LogP contribution in [0.1, 0.15) is 43.8 Å². The van der Waals surface area contributed by atoms with Gasteiger partial charge < -0.3 is 10.6 Å². The van der Waals surface area contributed by atoms with Crippen LogP contribution in [0.2, 0.25) is 0 Å². The Hall–Kier alpha value is -1.00. The van der Waals surface area contributed by atoms with Gasteiger partial charge in [-0.3, -0.25) is 9.97 Å². The molecule has 1 fully saturated rings. The van der Waals surface area contributed by atoms with Crippen LogP contribution in [0.5, 0.6) is 0 Å². The first-order chi connectivity index (χ1) is 8.17. The van der Waals surface area contributed by atoms with Gasteiger partial charge in [-0.25, -0.2) is 0 Å². The van der Waals surface area contributed by atoms with Crippen LogP contribution in [0.3, 0.4) is 0 Å². The lowest BCUT2D eigenvalue weighted by Gasteiger charge is -2.46. The maximum Gasteiger partial charge on any atom is 0.0772 e. The summed E-state index contributed by atoms with van der Waals surface area (Å²) in [5.41, 5.74) is 7.42. The zero-order valence-corrected chi connectivity index (χ0v) is 10.8. The number of hydrogen-bond donors (Lipinski definition) is 1. The quantitative estimate of drug-likeness (QED) is 0.865. The van der Waals surface area contributed by atoms with Gasteiger partial charge in [0, 0.05) is 17.9 Å². The average Bonchev–Trinajstić information content (AvgIpc) is 2.39. The molecule has 0 radical (unpaired) electrons. The van der Waals surface area contributed by atoms with Gasteiger partial charge in [-0.1, -0.05) is 19.3 Å². The van der Waals surface area contributed by atoms with Crippen LogP contribution in [-0.2, 0) is 0 Å². The van der Waals surface area contributed by atoms with Crippen LogP contribution in [0.25, 0.3) is 0 Å². The van der Waals surface area contributed by atoms with Gasteiger partial charge in [0.25, 0.3) is 0 Å². The van der Waals surface area contributed by atoms with Gasteiger partial charge in [-0.2, -0.15) is 0 Å². The van der Waals surface area contributed by atoms with Gasteiger partial charge >= 0.3 is 0 Å². The summed E-state index contributed by atoms with van der Waals surface area (Å²) in [6, 6.07) is -0.0495. The van der Waals surface area contributed by atoms with Crippen molar-refractivity contribution in [1.82, 2.24) is 14.9 Å². The molecule has 2 N–H and O–H groups in total. The van der Waals surface area contributed by atoms with Crippen molar-refractivity contribution in [3.8, 4) is 0 Å². The molecule has 0 bridgehead atoms. The van der Waals surface area contributed by atoms with Crippen molar-refractivity contribution in [2.45, 2.75) is 43.7 Å². The van der Waals surface area contributed by atoms with E-state index in [2.05, 4.69) is 29.0 Å². The summed E-state index contributed by atoms with van der Waals surface area (Å²) in [7, 11) is 4.25. The molecule has 4 heteroatoms. The van der Waals surface area contributed by atoms with Gasteiger partial charge in [0.2, 0.25) is 0 Å². The molecule has 0 saturated heterocycles. The predicted octanol–water partition coefficient (Wildman–Crippen LogP) is 1.74. The lowest BCUT2D eigenvalue weighted by atomic mass is 9.74. The molecule has 1 saturated carbocycles. The highest BCUT2D eigenvalue weighted by atomic mass is 15.2. The summed E-state index contributed by atoms with van der Waals surface area (Å²) < 4.78 is 0. The second-order valence-electron chi connectivity index (χ2n) is 5.17. The Kier molecular flexibility index (Phi) is 3.74. The predicted molar refractivity (Wildman–Crippen MR) is 68.5 cm³/mol. The van der Waals surface area contributed by atoms with Gasteiger partial charge in [-0.15, -0.1) is 0 Å². The molecule has 1 aliphatic rings. The summed E-state index contributed by atoms with van der Waals surface area (Å²) in [4.78, 5) is 10.8. The van der Waals surface area contributed by atoms with Gasteiger partial charge in [0.15, 0.2) is 0 Å². The van der Waals surface area contributed by atoms with Crippen molar-refractivity contribution in [2.75, 3.05) is 14.1 Å². The molecule has 4 nitrogen and oxygen atoms in total. The normalized spacial score (nSPS) is 21.4. The molecule has 2 rings (SSSR count). The summed E-state index contributed by atoms with van der Waals surface area (Å²) in [6.45, 7) is 0. The first-order valence-corrected chi connectivity index (χ1v) is 6.36. The zero-order valence-electron chi connectivity index (χ0n) is 10.8. The molecule has 0 amide bonds. The zero-order chi connectivity index (χ0) is 12.3. The van der Waals surface area contributed by atoms with E-state index >= 15 is 0 Å². The van der Waals surface area contributed by atoms with Crippen LogP contribution < -0.4 is 5.73 Å². The smallest absolute Gasteiger partial charge is 0.0772 e. The molecule has 1 aromatic heterocycles. The van der Waals surface area contributed by atoms with Crippen LogP contribution in [0, 0.1) is 0 Å². The molecule has 1 aromatic rings. The second kappa shape index (κ2) is 5.10. The molecule has 1 heterocycles. The Bertz CT molecular complexity index is 344. The van der Waals surface area contributed by atoms with E-state index < -0.39 is 0 Å². The first-order valence-electron chi connectivity index (χ1n) is 6.36. The third-order valence-corrected chi connectivity index (χ3v) is 4.09. The van der Waals surface area contributed by atoms with Crippen molar-refractivity contribution in [3.05, 3.63) is 24.3 Å². The Morgan fingerprint density at radius 1 is 1.24 bits per heavy atom. The minimum absolute atomic E-state index is 0.0495. The number of aromatic nitrogens is 2. The lowest BCUT2D eigenvalue weighted by molar-refractivity contribution is 0.0698. The summed E-state index contributed by atoms with van der Waals surface area (Å²) in [5.74, 6) is 0. The van der Waals surface area contributed by atoms with Crippen molar-refractivity contribution in [1.29, 1.82) is 0 Å². The molecular formula is C13H22N4. The average molecular weight is 234 g/mol. The maximum absolute atomic E-state index is 6.46. The largest absolute Gasteiger partial charge is 0.321 e. The monoisotopic (exact) mass is 234 g/mol. The van der Waals surface area contributed by atoms with E-state index in [-0.39, 0.29) is 11.6 Å².